The van der Waals surface area contributed by atoms with Gasteiger partial charge < -0.3 is 5.11 Å². The van der Waals surface area contributed by atoms with Gasteiger partial charge in [0.25, 0.3) is 0 Å². The van der Waals surface area contributed by atoms with E-state index in [1.165, 1.54) is 5.56 Å². The van der Waals surface area contributed by atoms with Crippen molar-refractivity contribution >= 4 is 0 Å². The largest absolute Gasteiger partial charge is 0.385 e. The van der Waals surface area contributed by atoms with E-state index in [1.54, 1.807) is 4.68 Å². The molecule has 3 heteroatoms. The summed E-state index contributed by atoms with van der Waals surface area (Å²) in [6, 6.07) is 10.3. The molecule has 1 aromatic carbocycles. The van der Waals surface area contributed by atoms with Crippen LogP contribution in [0.15, 0.2) is 36.5 Å². The van der Waals surface area contributed by atoms with Crippen LogP contribution in [-0.4, -0.2) is 14.9 Å². The number of hydrogen-bond acceptors (Lipinski definition) is 2. The molecular formula is C16H20N2O. The Hall–Kier alpha value is -1.61. The molecule has 1 aliphatic rings. The zero-order chi connectivity index (χ0) is 13.3. The molecular weight excluding hydrogens is 236 g/mol. The monoisotopic (exact) mass is 256 g/mol. The Morgan fingerprint density at radius 1 is 1.26 bits per heavy atom. The fourth-order valence-corrected chi connectivity index (χ4v) is 3.10. The first-order chi connectivity index (χ1) is 9.17. The molecule has 3 nitrogen and oxygen atoms in total. The first-order valence-corrected chi connectivity index (χ1v) is 6.97. The van der Waals surface area contributed by atoms with E-state index in [1.807, 2.05) is 25.4 Å². The van der Waals surface area contributed by atoms with E-state index < -0.39 is 5.60 Å². The standard InChI is InChI=1S/C16H20N2O/c1-18-11-9-14(17-18)12-16(19)10-5-4-7-13-6-2-3-8-15(13)16/h2-3,6,8-9,11,19H,4-5,7,10,12H2,1H3. The second-order valence-corrected chi connectivity index (χ2v) is 5.55. The summed E-state index contributed by atoms with van der Waals surface area (Å²) in [6.45, 7) is 0. The Kier molecular flexibility index (Phi) is 3.15. The molecule has 100 valence electrons. The van der Waals surface area contributed by atoms with Crippen molar-refractivity contribution in [1.29, 1.82) is 0 Å². The van der Waals surface area contributed by atoms with Gasteiger partial charge in [0.15, 0.2) is 0 Å². The molecule has 2 aromatic rings. The SMILES string of the molecule is Cn1ccc(CC2(O)CCCCc3ccccc32)n1. The minimum Gasteiger partial charge on any atom is -0.385 e. The molecule has 0 fully saturated rings. The molecule has 0 saturated carbocycles. The van der Waals surface area contributed by atoms with Crippen LogP contribution in [0.3, 0.4) is 0 Å². The summed E-state index contributed by atoms with van der Waals surface area (Å²) in [5.74, 6) is 0. The fraction of sp³-hybridized carbons (Fsp3) is 0.438. The Morgan fingerprint density at radius 3 is 2.89 bits per heavy atom. The average molecular weight is 256 g/mol. The molecule has 1 aliphatic carbocycles. The lowest BCUT2D eigenvalue weighted by atomic mass is 9.84. The van der Waals surface area contributed by atoms with Crippen LogP contribution in [0.2, 0.25) is 0 Å². The van der Waals surface area contributed by atoms with Crippen molar-refractivity contribution in [2.45, 2.75) is 37.7 Å². The predicted octanol–water partition coefficient (Wildman–Crippen LogP) is 2.58. The van der Waals surface area contributed by atoms with Crippen LogP contribution < -0.4 is 0 Å². The number of hydrogen-bond donors (Lipinski definition) is 1. The quantitative estimate of drug-likeness (QED) is 0.839. The lowest BCUT2D eigenvalue weighted by Crippen LogP contribution is -2.29. The first kappa shape index (κ1) is 12.4. The molecule has 1 aromatic heterocycles. The summed E-state index contributed by atoms with van der Waals surface area (Å²) < 4.78 is 1.79. The Bertz CT molecular complexity index is 576. The van der Waals surface area contributed by atoms with E-state index in [2.05, 4.69) is 23.3 Å². The van der Waals surface area contributed by atoms with Crippen molar-refractivity contribution in [2.75, 3.05) is 0 Å². The average Bonchev–Trinajstić information content (AvgIpc) is 2.72. The molecule has 1 heterocycles. The van der Waals surface area contributed by atoms with Gasteiger partial charge in [-0.05, 0) is 42.9 Å². The molecule has 1 N–H and O–H groups in total. The van der Waals surface area contributed by atoms with Gasteiger partial charge in [-0.3, -0.25) is 4.68 Å². The molecule has 3 rings (SSSR count). The zero-order valence-electron chi connectivity index (χ0n) is 11.3. The van der Waals surface area contributed by atoms with Gasteiger partial charge in [-0.2, -0.15) is 5.10 Å². The summed E-state index contributed by atoms with van der Waals surface area (Å²) in [4.78, 5) is 0. The summed E-state index contributed by atoms with van der Waals surface area (Å²) >= 11 is 0. The highest BCUT2D eigenvalue weighted by molar-refractivity contribution is 5.34. The number of aliphatic hydroxyl groups is 1. The summed E-state index contributed by atoms with van der Waals surface area (Å²) in [6.07, 6.45) is 6.65. The van der Waals surface area contributed by atoms with Crippen molar-refractivity contribution in [2.24, 2.45) is 7.05 Å². The normalized spacial score (nSPS) is 22.8. The van der Waals surface area contributed by atoms with Crippen LogP contribution in [0.25, 0.3) is 0 Å². The molecule has 1 atom stereocenters. The van der Waals surface area contributed by atoms with E-state index >= 15 is 0 Å². The van der Waals surface area contributed by atoms with Gasteiger partial charge in [0.1, 0.15) is 0 Å². The first-order valence-electron chi connectivity index (χ1n) is 6.97. The second-order valence-electron chi connectivity index (χ2n) is 5.55. The van der Waals surface area contributed by atoms with Gasteiger partial charge in [0.05, 0.1) is 11.3 Å². The van der Waals surface area contributed by atoms with Gasteiger partial charge in [-0.1, -0.05) is 24.3 Å². The molecule has 0 aliphatic heterocycles. The molecule has 0 amide bonds. The topological polar surface area (TPSA) is 38.0 Å². The van der Waals surface area contributed by atoms with E-state index in [-0.39, 0.29) is 0 Å². The third-order valence-corrected chi connectivity index (χ3v) is 4.05. The number of aromatic nitrogens is 2. The fourth-order valence-electron chi connectivity index (χ4n) is 3.10. The molecule has 0 saturated heterocycles. The molecule has 19 heavy (non-hydrogen) atoms. The lowest BCUT2D eigenvalue weighted by molar-refractivity contribution is 0.0261. The van der Waals surface area contributed by atoms with Crippen LogP contribution >= 0.6 is 0 Å². The Balaban J connectivity index is 1.97. The van der Waals surface area contributed by atoms with Crippen molar-refractivity contribution < 1.29 is 5.11 Å². The summed E-state index contributed by atoms with van der Waals surface area (Å²) in [5, 5.41) is 15.5. The van der Waals surface area contributed by atoms with Crippen LogP contribution in [0.5, 0.6) is 0 Å². The van der Waals surface area contributed by atoms with Crippen LogP contribution in [0.1, 0.15) is 36.1 Å². The molecule has 0 spiro atoms. The maximum atomic E-state index is 11.1. The maximum Gasteiger partial charge on any atom is 0.0955 e. The van der Waals surface area contributed by atoms with Gasteiger partial charge >= 0.3 is 0 Å². The van der Waals surface area contributed by atoms with E-state index in [0.29, 0.717) is 6.42 Å². The lowest BCUT2D eigenvalue weighted by Gasteiger charge is -2.28. The Morgan fingerprint density at radius 2 is 2.11 bits per heavy atom. The van der Waals surface area contributed by atoms with Crippen LogP contribution in [0.4, 0.5) is 0 Å². The van der Waals surface area contributed by atoms with Gasteiger partial charge in [0.2, 0.25) is 0 Å². The van der Waals surface area contributed by atoms with E-state index in [9.17, 15) is 5.11 Å². The summed E-state index contributed by atoms with van der Waals surface area (Å²) in [5.41, 5.74) is 2.58. The number of nitrogens with zero attached hydrogens (tertiary/aromatic N) is 2. The van der Waals surface area contributed by atoms with Crippen molar-refractivity contribution in [3.8, 4) is 0 Å². The minimum absolute atomic E-state index is 0.602. The highest BCUT2D eigenvalue weighted by Crippen LogP contribution is 2.36. The third-order valence-electron chi connectivity index (χ3n) is 4.05. The zero-order valence-corrected chi connectivity index (χ0v) is 11.3. The van der Waals surface area contributed by atoms with Crippen molar-refractivity contribution in [3.05, 3.63) is 53.3 Å². The third kappa shape index (κ3) is 2.43. The highest BCUT2D eigenvalue weighted by atomic mass is 16.3. The second kappa shape index (κ2) is 4.82. The number of rotatable bonds is 2. The van der Waals surface area contributed by atoms with Crippen LogP contribution in [0, 0.1) is 0 Å². The molecule has 1 unspecified atom stereocenters. The highest BCUT2D eigenvalue weighted by Gasteiger charge is 2.33. The van der Waals surface area contributed by atoms with Gasteiger partial charge in [-0.15, -0.1) is 0 Å². The van der Waals surface area contributed by atoms with Crippen molar-refractivity contribution in [1.82, 2.24) is 9.78 Å². The van der Waals surface area contributed by atoms with Crippen LogP contribution in [-0.2, 0) is 25.5 Å². The number of aryl methyl sites for hydroxylation is 2. The van der Waals surface area contributed by atoms with E-state index in [4.69, 9.17) is 0 Å². The van der Waals surface area contributed by atoms with E-state index in [0.717, 1.165) is 36.9 Å². The summed E-state index contributed by atoms with van der Waals surface area (Å²) in [7, 11) is 1.91. The maximum absolute atomic E-state index is 11.1. The van der Waals surface area contributed by atoms with Crippen molar-refractivity contribution in [3.63, 3.8) is 0 Å². The predicted molar refractivity (Wildman–Crippen MR) is 74.8 cm³/mol. The molecule has 0 bridgehead atoms. The smallest absolute Gasteiger partial charge is 0.0955 e. The molecule has 0 radical (unpaired) electrons. The Labute approximate surface area is 113 Å². The van der Waals surface area contributed by atoms with Gasteiger partial charge in [-0.25, -0.2) is 0 Å². The van der Waals surface area contributed by atoms with Gasteiger partial charge in [0, 0.05) is 19.7 Å². The number of benzene rings is 1. The number of fused-ring (bicyclic) bond motifs is 1. The minimum atomic E-state index is -0.762.